The van der Waals surface area contributed by atoms with E-state index in [2.05, 4.69) is 6.92 Å². The third-order valence-corrected chi connectivity index (χ3v) is 8.13. The van der Waals surface area contributed by atoms with E-state index >= 15 is 0 Å². The lowest BCUT2D eigenvalue weighted by Gasteiger charge is -2.33. The maximum absolute atomic E-state index is 13.1. The Labute approximate surface area is 170 Å². The van der Waals surface area contributed by atoms with Crippen molar-refractivity contribution in [3.8, 4) is 0 Å². The predicted molar refractivity (Wildman–Crippen MR) is 112 cm³/mol. The van der Waals surface area contributed by atoms with Gasteiger partial charge in [-0.15, -0.1) is 0 Å². The number of aryl methyl sites for hydroxylation is 2. The van der Waals surface area contributed by atoms with E-state index in [0.29, 0.717) is 30.8 Å². The van der Waals surface area contributed by atoms with Gasteiger partial charge in [0, 0.05) is 32.1 Å². The molecule has 5 nitrogen and oxygen atoms in total. The van der Waals surface area contributed by atoms with Crippen molar-refractivity contribution >= 4 is 15.9 Å². The van der Waals surface area contributed by atoms with E-state index in [1.807, 2.05) is 24.0 Å². The minimum absolute atomic E-state index is 0.0493. The van der Waals surface area contributed by atoms with Crippen LogP contribution in [-0.4, -0.2) is 49.7 Å². The first-order valence-corrected chi connectivity index (χ1v) is 12.3. The third-order valence-electron chi connectivity index (χ3n) is 6.24. The van der Waals surface area contributed by atoms with Crippen molar-refractivity contribution in [2.45, 2.75) is 70.1 Å². The largest absolute Gasteiger partial charge is 0.343 e. The Hall–Kier alpha value is -1.40. The molecule has 1 saturated heterocycles. The predicted octanol–water partition coefficient (Wildman–Crippen LogP) is 3.61. The van der Waals surface area contributed by atoms with Gasteiger partial charge in [-0.25, -0.2) is 8.42 Å². The smallest absolute Gasteiger partial charge is 0.243 e. The molecule has 1 heterocycles. The van der Waals surface area contributed by atoms with E-state index in [-0.39, 0.29) is 11.8 Å². The number of unbranched alkanes of at least 4 members (excludes halogenated alkanes) is 1. The molecule has 2 aliphatic rings. The Morgan fingerprint density at radius 3 is 2.43 bits per heavy atom. The number of nitrogens with zero attached hydrogens (tertiary/aromatic N) is 2. The molecule has 0 N–H and O–H groups in total. The topological polar surface area (TPSA) is 57.7 Å². The van der Waals surface area contributed by atoms with Crippen LogP contribution in [0.15, 0.2) is 23.1 Å². The van der Waals surface area contributed by atoms with Gasteiger partial charge in [0.1, 0.15) is 0 Å². The lowest BCUT2D eigenvalue weighted by molar-refractivity contribution is -0.136. The first-order valence-electron chi connectivity index (χ1n) is 10.9. The zero-order chi connectivity index (χ0) is 20.1. The second-order valence-corrected chi connectivity index (χ2v) is 10.0. The summed E-state index contributed by atoms with van der Waals surface area (Å²) in [6.45, 7) is 6.54. The van der Waals surface area contributed by atoms with Crippen molar-refractivity contribution in [2.75, 3.05) is 26.2 Å². The van der Waals surface area contributed by atoms with Crippen LogP contribution in [0.5, 0.6) is 0 Å². The Balaban J connectivity index is 1.64. The van der Waals surface area contributed by atoms with Gasteiger partial charge in [0.05, 0.1) is 4.90 Å². The van der Waals surface area contributed by atoms with Crippen molar-refractivity contribution in [3.63, 3.8) is 0 Å². The molecule has 0 atom stereocenters. The summed E-state index contributed by atoms with van der Waals surface area (Å²) in [6.07, 6.45) is 7.67. The van der Waals surface area contributed by atoms with Crippen molar-refractivity contribution < 1.29 is 13.2 Å². The van der Waals surface area contributed by atoms with Crippen LogP contribution < -0.4 is 0 Å². The SMILES string of the molecule is CCCCN(CC)C(=O)C1CCN(S(=O)(=O)c2ccc3c(c2)CCCC3)CC1. The van der Waals surface area contributed by atoms with Crippen LogP contribution in [0.3, 0.4) is 0 Å². The summed E-state index contributed by atoms with van der Waals surface area (Å²) in [4.78, 5) is 15.1. The fourth-order valence-electron chi connectivity index (χ4n) is 4.39. The Kier molecular flexibility index (Phi) is 7.15. The van der Waals surface area contributed by atoms with Gasteiger partial charge >= 0.3 is 0 Å². The first-order chi connectivity index (χ1) is 13.5. The van der Waals surface area contributed by atoms with E-state index in [9.17, 15) is 13.2 Å². The van der Waals surface area contributed by atoms with Crippen molar-refractivity contribution in [1.82, 2.24) is 9.21 Å². The van der Waals surface area contributed by atoms with Crippen LogP contribution in [0.25, 0.3) is 0 Å². The highest BCUT2D eigenvalue weighted by Gasteiger charge is 2.33. The lowest BCUT2D eigenvalue weighted by atomic mass is 9.92. The minimum atomic E-state index is -3.48. The molecule has 1 fully saturated rings. The number of piperidine rings is 1. The molecular formula is C22H34N2O3S. The number of rotatable bonds is 7. The molecule has 28 heavy (non-hydrogen) atoms. The minimum Gasteiger partial charge on any atom is -0.343 e. The second-order valence-electron chi connectivity index (χ2n) is 8.09. The molecule has 0 radical (unpaired) electrons. The Morgan fingerprint density at radius 2 is 1.79 bits per heavy atom. The molecule has 1 aromatic carbocycles. The van der Waals surface area contributed by atoms with Gasteiger partial charge in [-0.1, -0.05) is 19.4 Å². The summed E-state index contributed by atoms with van der Waals surface area (Å²) in [6, 6.07) is 5.63. The molecule has 0 aromatic heterocycles. The summed E-state index contributed by atoms with van der Waals surface area (Å²) in [5, 5.41) is 0. The normalized spacial score (nSPS) is 18.6. The molecule has 156 valence electrons. The quantitative estimate of drug-likeness (QED) is 0.695. The van der Waals surface area contributed by atoms with Gasteiger partial charge in [0.2, 0.25) is 15.9 Å². The first kappa shape index (κ1) is 21.3. The van der Waals surface area contributed by atoms with Crippen molar-refractivity contribution in [2.24, 2.45) is 5.92 Å². The average Bonchev–Trinajstić information content (AvgIpc) is 2.73. The number of amides is 1. The van der Waals surface area contributed by atoms with Crippen LogP contribution >= 0.6 is 0 Å². The van der Waals surface area contributed by atoms with Crippen LogP contribution in [0.1, 0.15) is 63.5 Å². The Bertz CT molecular complexity index is 783. The maximum atomic E-state index is 13.1. The number of sulfonamides is 1. The number of carbonyl (C=O) groups is 1. The van der Waals surface area contributed by atoms with Crippen LogP contribution in [-0.2, 0) is 27.7 Å². The molecule has 1 amide bonds. The highest BCUT2D eigenvalue weighted by molar-refractivity contribution is 7.89. The average molecular weight is 407 g/mol. The highest BCUT2D eigenvalue weighted by atomic mass is 32.2. The summed E-state index contributed by atoms with van der Waals surface area (Å²) < 4.78 is 27.8. The van der Waals surface area contributed by atoms with Gasteiger partial charge in [-0.05, 0) is 75.1 Å². The molecule has 0 saturated carbocycles. The Morgan fingerprint density at radius 1 is 1.11 bits per heavy atom. The lowest BCUT2D eigenvalue weighted by Crippen LogP contribution is -2.44. The zero-order valence-electron chi connectivity index (χ0n) is 17.3. The molecule has 0 spiro atoms. The van der Waals surface area contributed by atoms with Crippen LogP contribution in [0.2, 0.25) is 0 Å². The zero-order valence-corrected chi connectivity index (χ0v) is 18.1. The maximum Gasteiger partial charge on any atom is 0.243 e. The molecule has 6 heteroatoms. The molecule has 1 aliphatic heterocycles. The van der Waals surface area contributed by atoms with Crippen molar-refractivity contribution in [3.05, 3.63) is 29.3 Å². The van der Waals surface area contributed by atoms with Gasteiger partial charge in [0.25, 0.3) is 0 Å². The molecule has 3 rings (SSSR count). The summed E-state index contributed by atoms with van der Waals surface area (Å²) in [5.74, 6) is 0.147. The fraction of sp³-hybridized carbons (Fsp3) is 0.682. The van der Waals surface area contributed by atoms with Crippen LogP contribution in [0, 0.1) is 5.92 Å². The van der Waals surface area contributed by atoms with Gasteiger partial charge < -0.3 is 4.90 Å². The van der Waals surface area contributed by atoms with Crippen LogP contribution in [0.4, 0.5) is 0 Å². The van der Waals surface area contributed by atoms with E-state index < -0.39 is 10.0 Å². The molecule has 1 aliphatic carbocycles. The molecule has 1 aromatic rings. The van der Waals surface area contributed by atoms with E-state index in [1.165, 1.54) is 17.5 Å². The van der Waals surface area contributed by atoms with E-state index in [4.69, 9.17) is 0 Å². The second kappa shape index (κ2) is 9.40. The standard InChI is InChI=1S/C22H34N2O3S/c1-3-5-14-23(4-2)22(25)19-12-15-24(16-13-19)28(26,27)21-11-10-18-8-6-7-9-20(18)17-21/h10-11,17,19H,3-9,12-16H2,1-2H3. The molecule has 0 unspecified atom stereocenters. The summed E-state index contributed by atoms with van der Waals surface area (Å²) in [5.41, 5.74) is 2.48. The number of hydrogen-bond donors (Lipinski definition) is 0. The highest BCUT2D eigenvalue weighted by Crippen LogP contribution is 2.28. The van der Waals surface area contributed by atoms with Gasteiger partial charge in [0.15, 0.2) is 0 Å². The number of fused-ring (bicyclic) bond motifs is 1. The third kappa shape index (κ3) is 4.60. The van der Waals surface area contributed by atoms with Crippen molar-refractivity contribution in [1.29, 1.82) is 0 Å². The number of carbonyl (C=O) groups excluding carboxylic acids is 1. The summed E-state index contributed by atoms with van der Waals surface area (Å²) >= 11 is 0. The summed E-state index contributed by atoms with van der Waals surface area (Å²) in [7, 11) is -3.48. The number of hydrogen-bond acceptors (Lipinski definition) is 3. The van der Waals surface area contributed by atoms with E-state index in [0.717, 1.165) is 45.2 Å². The number of benzene rings is 1. The molecule has 0 bridgehead atoms. The fourth-order valence-corrected chi connectivity index (χ4v) is 5.91. The van der Waals surface area contributed by atoms with E-state index in [1.54, 1.807) is 10.4 Å². The van der Waals surface area contributed by atoms with Gasteiger partial charge in [-0.3, -0.25) is 4.79 Å². The molecular weight excluding hydrogens is 372 g/mol. The monoisotopic (exact) mass is 406 g/mol. The van der Waals surface area contributed by atoms with Gasteiger partial charge in [-0.2, -0.15) is 4.31 Å².